The second kappa shape index (κ2) is 21.9. The number of carbonyl (C=O) groups is 1. The van der Waals surface area contributed by atoms with E-state index in [4.69, 9.17) is 4.74 Å². The summed E-state index contributed by atoms with van der Waals surface area (Å²) in [6.45, 7) is 21.4. The lowest BCUT2D eigenvalue weighted by atomic mass is 10.1. The largest absolute Gasteiger partial charge is 0.494 e. The molecule has 0 aliphatic carbocycles. The highest BCUT2D eigenvalue weighted by Gasteiger charge is 2.19. The fourth-order valence-electron chi connectivity index (χ4n) is 3.94. The first-order valence-electron chi connectivity index (χ1n) is 14.0. The van der Waals surface area contributed by atoms with Crippen LogP contribution in [-0.2, 0) is 11.3 Å². The van der Waals surface area contributed by atoms with Crippen LogP contribution in [0.3, 0.4) is 0 Å². The molecule has 34 heavy (non-hydrogen) atoms. The molecule has 0 radical (unpaired) electrons. The quantitative estimate of drug-likeness (QED) is 0.329. The van der Waals surface area contributed by atoms with Gasteiger partial charge in [-0.25, -0.2) is 0 Å². The second-order valence-corrected chi connectivity index (χ2v) is 8.89. The summed E-state index contributed by atoms with van der Waals surface area (Å²) in [6, 6.07) is 8.01. The summed E-state index contributed by atoms with van der Waals surface area (Å²) in [4.78, 5) is 17.3. The molecule has 1 heterocycles. The van der Waals surface area contributed by atoms with Crippen LogP contribution in [-0.4, -0.2) is 61.1 Å². The number of likely N-dealkylation sites (tertiary alicyclic amines) is 1. The molecule has 1 amide bonds. The monoisotopic (exact) mass is 477 g/mol. The van der Waals surface area contributed by atoms with Gasteiger partial charge in [0.25, 0.3) is 0 Å². The topological polar surface area (TPSA) is 44.8 Å². The van der Waals surface area contributed by atoms with Gasteiger partial charge in [0.2, 0.25) is 5.91 Å². The maximum Gasteiger partial charge on any atom is 0.237 e. The highest BCUT2D eigenvalue weighted by molar-refractivity contribution is 5.81. The predicted octanol–water partition coefficient (Wildman–Crippen LogP) is 6.51. The van der Waals surface area contributed by atoms with E-state index in [1.807, 2.05) is 45.0 Å². The van der Waals surface area contributed by atoms with Gasteiger partial charge < -0.3 is 15.0 Å². The van der Waals surface area contributed by atoms with Gasteiger partial charge in [0, 0.05) is 13.1 Å². The molecule has 5 nitrogen and oxygen atoms in total. The third-order valence-corrected chi connectivity index (χ3v) is 5.67. The zero-order valence-corrected chi connectivity index (χ0v) is 23.5. The Labute approximate surface area is 211 Å². The Morgan fingerprint density at radius 3 is 2.09 bits per heavy atom. The predicted molar refractivity (Wildman–Crippen MR) is 148 cm³/mol. The smallest absolute Gasteiger partial charge is 0.237 e. The summed E-state index contributed by atoms with van der Waals surface area (Å²) in [6.07, 6.45) is 8.52. The number of hydrogen-bond acceptors (Lipinski definition) is 4. The first-order valence-corrected chi connectivity index (χ1v) is 14.0. The average molecular weight is 478 g/mol. The third-order valence-electron chi connectivity index (χ3n) is 5.67. The van der Waals surface area contributed by atoms with Gasteiger partial charge in [0.1, 0.15) is 5.75 Å². The Morgan fingerprint density at radius 1 is 1.00 bits per heavy atom. The van der Waals surface area contributed by atoms with Crippen LogP contribution in [0.25, 0.3) is 0 Å². The number of ether oxygens (including phenoxy) is 1. The molecule has 1 aromatic carbocycles. The molecule has 1 atom stereocenters. The van der Waals surface area contributed by atoms with E-state index in [0.717, 1.165) is 56.8 Å². The summed E-state index contributed by atoms with van der Waals surface area (Å²) in [5, 5.41) is 3.08. The third kappa shape index (κ3) is 14.6. The fourth-order valence-corrected chi connectivity index (χ4v) is 3.94. The number of rotatable bonds is 13. The van der Waals surface area contributed by atoms with E-state index in [-0.39, 0.29) is 11.9 Å². The van der Waals surface area contributed by atoms with Crippen molar-refractivity contribution in [3.05, 3.63) is 29.8 Å². The number of hydrogen-bond donors (Lipinski definition) is 1. The molecule has 2 rings (SSSR count). The van der Waals surface area contributed by atoms with E-state index in [2.05, 4.69) is 42.8 Å². The van der Waals surface area contributed by atoms with Crippen molar-refractivity contribution in [1.82, 2.24) is 15.1 Å². The van der Waals surface area contributed by atoms with Gasteiger partial charge in [-0.2, -0.15) is 0 Å². The van der Waals surface area contributed by atoms with Crippen molar-refractivity contribution < 1.29 is 9.53 Å². The Hall–Kier alpha value is -1.59. The summed E-state index contributed by atoms with van der Waals surface area (Å²) in [5.74, 6) is 1.01. The summed E-state index contributed by atoms with van der Waals surface area (Å²) in [7, 11) is 0. The van der Waals surface area contributed by atoms with E-state index in [1.54, 1.807) is 0 Å². The highest BCUT2D eigenvalue weighted by Crippen LogP contribution is 2.14. The molecule has 0 saturated carbocycles. The summed E-state index contributed by atoms with van der Waals surface area (Å²) >= 11 is 0. The molecular weight excluding hydrogens is 422 g/mol. The van der Waals surface area contributed by atoms with Gasteiger partial charge in [0.05, 0.1) is 12.6 Å². The van der Waals surface area contributed by atoms with Crippen LogP contribution >= 0.6 is 0 Å². The van der Waals surface area contributed by atoms with Crippen LogP contribution in [0.1, 0.15) is 99.0 Å². The first kappa shape index (κ1) is 32.4. The number of piperidine rings is 1. The Bertz CT molecular complexity index is 580. The Balaban J connectivity index is 0.00000201. The molecule has 1 N–H and O–H groups in total. The number of carbonyl (C=O) groups excluding carboxylic acids is 1. The minimum absolute atomic E-state index is 0.0857. The second-order valence-electron chi connectivity index (χ2n) is 8.89. The first-order chi connectivity index (χ1) is 16.5. The molecule has 5 heteroatoms. The van der Waals surface area contributed by atoms with E-state index < -0.39 is 0 Å². The number of nitrogens with zero attached hydrogens (tertiary/aromatic N) is 2. The molecule has 1 unspecified atom stereocenters. The van der Waals surface area contributed by atoms with Crippen molar-refractivity contribution in [2.75, 3.05) is 39.3 Å². The number of nitrogens with one attached hydrogen (secondary N) is 1. The molecule has 0 aromatic heterocycles. The SMILES string of the molecule is CC.CCC.CCCN(CCC)C(C)C(=O)NCc1ccc(OCCCN2CCCCC2)cc1. The fraction of sp³-hybridized carbons (Fsp3) is 0.759. The van der Waals surface area contributed by atoms with E-state index in [1.165, 1.54) is 38.8 Å². The Morgan fingerprint density at radius 2 is 1.56 bits per heavy atom. The molecule has 1 aliphatic heterocycles. The average Bonchev–Trinajstić information content (AvgIpc) is 2.87. The number of benzene rings is 1. The molecule has 0 bridgehead atoms. The Kier molecular flexibility index (Phi) is 20.9. The van der Waals surface area contributed by atoms with Crippen molar-refractivity contribution in [1.29, 1.82) is 0 Å². The summed E-state index contributed by atoms with van der Waals surface area (Å²) < 4.78 is 5.88. The van der Waals surface area contributed by atoms with Gasteiger partial charge in [-0.05, 0) is 82.9 Å². The maximum atomic E-state index is 12.5. The molecule has 1 saturated heterocycles. The standard InChI is InChI=1S/C24H41N3O2.C3H8.C2H6/c1-4-14-27(15-5-2)21(3)24(28)25-20-22-10-12-23(13-11-22)29-19-9-18-26-16-7-6-8-17-26;1-3-2;1-2/h10-13,21H,4-9,14-20H2,1-3H3,(H,25,28);3H2,1-2H3;1-2H3. The lowest BCUT2D eigenvalue weighted by Crippen LogP contribution is -2.45. The maximum absolute atomic E-state index is 12.5. The zero-order valence-electron chi connectivity index (χ0n) is 23.5. The summed E-state index contributed by atoms with van der Waals surface area (Å²) in [5.41, 5.74) is 1.10. The van der Waals surface area contributed by atoms with Crippen LogP contribution in [0.5, 0.6) is 5.75 Å². The number of amides is 1. The lowest BCUT2D eigenvalue weighted by Gasteiger charge is -2.27. The molecular formula is C29H55N3O2. The van der Waals surface area contributed by atoms with Gasteiger partial charge in [-0.1, -0.05) is 66.5 Å². The zero-order chi connectivity index (χ0) is 25.6. The van der Waals surface area contributed by atoms with E-state index >= 15 is 0 Å². The lowest BCUT2D eigenvalue weighted by molar-refractivity contribution is -0.126. The van der Waals surface area contributed by atoms with Gasteiger partial charge >= 0.3 is 0 Å². The minimum atomic E-state index is -0.0857. The van der Waals surface area contributed by atoms with E-state index in [9.17, 15) is 4.79 Å². The molecule has 1 aromatic rings. The van der Waals surface area contributed by atoms with Crippen molar-refractivity contribution in [3.63, 3.8) is 0 Å². The molecule has 0 spiro atoms. The van der Waals surface area contributed by atoms with Crippen LogP contribution < -0.4 is 10.1 Å². The van der Waals surface area contributed by atoms with Gasteiger partial charge in [-0.3, -0.25) is 9.69 Å². The van der Waals surface area contributed by atoms with Gasteiger partial charge in [-0.15, -0.1) is 0 Å². The van der Waals surface area contributed by atoms with Crippen LogP contribution in [0.2, 0.25) is 0 Å². The normalized spacial score (nSPS) is 14.4. The van der Waals surface area contributed by atoms with Crippen LogP contribution in [0.15, 0.2) is 24.3 Å². The van der Waals surface area contributed by atoms with Gasteiger partial charge in [0.15, 0.2) is 0 Å². The van der Waals surface area contributed by atoms with Crippen LogP contribution in [0.4, 0.5) is 0 Å². The van der Waals surface area contributed by atoms with Crippen molar-refractivity contribution >= 4 is 5.91 Å². The molecule has 1 fully saturated rings. The van der Waals surface area contributed by atoms with E-state index in [0.29, 0.717) is 6.54 Å². The van der Waals surface area contributed by atoms with Crippen molar-refractivity contribution in [2.45, 2.75) is 106 Å². The highest BCUT2D eigenvalue weighted by atomic mass is 16.5. The van der Waals surface area contributed by atoms with Crippen molar-refractivity contribution in [3.8, 4) is 5.75 Å². The van der Waals surface area contributed by atoms with Crippen molar-refractivity contribution in [2.24, 2.45) is 0 Å². The minimum Gasteiger partial charge on any atom is -0.494 e. The molecule has 198 valence electrons. The van der Waals surface area contributed by atoms with Crippen LogP contribution in [0, 0.1) is 0 Å². The molecule has 1 aliphatic rings.